The maximum absolute atomic E-state index is 11.7. The predicted octanol–water partition coefficient (Wildman–Crippen LogP) is 5.16. The first kappa shape index (κ1) is 29.2. The highest BCUT2D eigenvalue weighted by molar-refractivity contribution is 5.69. The van der Waals surface area contributed by atoms with Gasteiger partial charge in [-0.3, -0.25) is 4.79 Å². The van der Waals surface area contributed by atoms with Gasteiger partial charge in [0.15, 0.2) is 0 Å². The highest BCUT2D eigenvalue weighted by atomic mass is 16.6. The number of hydrogen-bond acceptors (Lipinski definition) is 7. The van der Waals surface area contributed by atoms with Crippen LogP contribution in [0.2, 0.25) is 0 Å². The van der Waals surface area contributed by atoms with Crippen molar-refractivity contribution in [3.63, 3.8) is 0 Å². The van der Waals surface area contributed by atoms with E-state index in [1.807, 2.05) is 18.2 Å². The Morgan fingerprint density at radius 2 is 1.21 bits per heavy atom. The van der Waals surface area contributed by atoms with Gasteiger partial charge in [-0.2, -0.15) is 0 Å². The average molecular weight is 468 g/mol. The number of anilines is 1. The normalized spacial score (nSPS) is 10.9. The molecular weight excluding hydrogens is 422 g/mol. The molecule has 0 aliphatic heterocycles. The molecule has 0 saturated carbocycles. The Morgan fingerprint density at radius 3 is 1.82 bits per heavy atom. The van der Waals surface area contributed by atoms with E-state index in [-0.39, 0.29) is 5.97 Å². The van der Waals surface area contributed by atoms with E-state index < -0.39 is 0 Å². The maximum Gasteiger partial charge on any atom is 0.305 e. The number of unbranched alkanes of at least 4 members (excludes halogenated alkanes) is 8. The monoisotopic (exact) mass is 467 g/mol. The minimum atomic E-state index is -0.131. The number of esters is 1. The summed E-state index contributed by atoms with van der Waals surface area (Å²) < 4.78 is 27.0. The van der Waals surface area contributed by atoms with Crippen LogP contribution in [-0.2, 0) is 23.7 Å². The maximum atomic E-state index is 11.7. The van der Waals surface area contributed by atoms with Crippen LogP contribution in [0.15, 0.2) is 24.3 Å². The van der Waals surface area contributed by atoms with E-state index >= 15 is 0 Å². The Bertz CT molecular complexity index is 584. The number of nitrogens with two attached hydrogens (primary N) is 1. The van der Waals surface area contributed by atoms with Gasteiger partial charge in [-0.05, 0) is 18.6 Å². The molecule has 0 spiro atoms. The molecule has 1 rings (SSSR count). The van der Waals surface area contributed by atoms with Crippen molar-refractivity contribution in [1.29, 1.82) is 0 Å². The van der Waals surface area contributed by atoms with Gasteiger partial charge in [0.05, 0.1) is 45.3 Å². The van der Waals surface area contributed by atoms with Crippen LogP contribution >= 0.6 is 0 Å². The van der Waals surface area contributed by atoms with Crippen molar-refractivity contribution in [2.24, 2.45) is 0 Å². The molecule has 0 aliphatic rings. The summed E-state index contributed by atoms with van der Waals surface area (Å²) in [7, 11) is 0. The molecule has 0 fully saturated rings. The van der Waals surface area contributed by atoms with Gasteiger partial charge < -0.3 is 29.4 Å². The summed E-state index contributed by atoms with van der Waals surface area (Å²) in [5.74, 6) is 0.539. The molecule has 7 nitrogen and oxygen atoms in total. The SMILES string of the molecule is CCCCCCCCCCCC(=O)OCCOCCOCCOCCOc1ccccc1N. The molecule has 0 aliphatic carbocycles. The molecule has 190 valence electrons. The summed E-state index contributed by atoms with van der Waals surface area (Å²) >= 11 is 0. The van der Waals surface area contributed by atoms with E-state index in [1.165, 1.54) is 44.9 Å². The zero-order valence-electron chi connectivity index (χ0n) is 20.6. The van der Waals surface area contributed by atoms with Crippen molar-refractivity contribution in [3.05, 3.63) is 24.3 Å². The van der Waals surface area contributed by atoms with Crippen LogP contribution in [0, 0.1) is 0 Å². The molecule has 33 heavy (non-hydrogen) atoms. The second-order valence-electron chi connectivity index (χ2n) is 8.02. The summed E-state index contributed by atoms with van der Waals surface area (Å²) in [6, 6.07) is 7.38. The van der Waals surface area contributed by atoms with Crippen LogP contribution in [0.1, 0.15) is 71.1 Å². The van der Waals surface area contributed by atoms with E-state index in [2.05, 4.69) is 6.92 Å². The summed E-state index contributed by atoms with van der Waals surface area (Å²) in [6.45, 7) is 5.76. The van der Waals surface area contributed by atoms with Gasteiger partial charge in [0.25, 0.3) is 0 Å². The third-order valence-electron chi connectivity index (χ3n) is 5.12. The van der Waals surface area contributed by atoms with Crippen molar-refractivity contribution in [2.45, 2.75) is 71.1 Å². The lowest BCUT2D eigenvalue weighted by Crippen LogP contribution is -2.15. The first-order valence-corrected chi connectivity index (χ1v) is 12.6. The topological polar surface area (TPSA) is 89.2 Å². The largest absolute Gasteiger partial charge is 0.489 e. The zero-order chi connectivity index (χ0) is 23.8. The molecule has 0 bridgehead atoms. The lowest BCUT2D eigenvalue weighted by molar-refractivity contribution is -0.145. The summed E-state index contributed by atoms with van der Waals surface area (Å²) in [4.78, 5) is 11.7. The van der Waals surface area contributed by atoms with Gasteiger partial charge >= 0.3 is 5.97 Å². The minimum Gasteiger partial charge on any atom is -0.489 e. The molecule has 0 amide bonds. The van der Waals surface area contributed by atoms with E-state index in [9.17, 15) is 4.79 Å². The number of hydrogen-bond donors (Lipinski definition) is 1. The van der Waals surface area contributed by atoms with Crippen molar-refractivity contribution in [3.8, 4) is 5.75 Å². The zero-order valence-corrected chi connectivity index (χ0v) is 20.6. The van der Waals surface area contributed by atoms with E-state index in [0.29, 0.717) is 70.7 Å². The predicted molar refractivity (Wildman–Crippen MR) is 132 cm³/mol. The number of ether oxygens (including phenoxy) is 5. The Morgan fingerprint density at radius 1 is 0.697 bits per heavy atom. The average Bonchev–Trinajstić information content (AvgIpc) is 2.82. The fourth-order valence-electron chi connectivity index (χ4n) is 3.23. The molecule has 0 aromatic heterocycles. The number of nitrogen functional groups attached to an aromatic ring is 1. The van der Waals surface area contributed by atoms with Crippen LogP contribution in [0.5, 0.6) is 5.75 Å². The molecule has 1 aromatic rings. The highest BCUT2D eigenvalue weighted by Crippen LogP contribution is 2.19. The van der Waals surface area contributed by atoms with Gasteiger partial charge in [-0.1, -0.05) is 70.4 Å². The quantitative estimate of drug-likeness (QED) is 0.135. The number of rotatable bonds is 23. The second-order valence-corrected chi connectivity index (χ2v) is 8.02. The smallest absolute Gasteiger partial charge is 0.305 e. The Kier molecular flexibility index (Phi) is 19.5. The van der Waals surface area contributed by atoms with Crippen molar-refractivity contribution in [1.82, 2.24) is 0 Å². The lowest BCUT2D eigenvalue weighted by atomic mass is 10.1. The van der Waals surface area contributed by atoms with Crippen molar-refractivity contribution in [2.75, 3.05) is 58.6 Å². The van der Waals surface area contributed by atoms with Gasteiger partial charge in [0, 0.05) is 6.42 Å². The highest BCUT2D eigenvalue weighted by Gasteiger charge is 2.03. The number of benzene rings is 1. The van der Waals surface area contributed by atoms with E-state index in [1.54, 1.807) is 6.07 Å². The van der Waals surface area contributed by atoms with Gasteiger partial charge in [0.2, 0.25) is 0 Å². The molecule has 0 saturated heterocycles. The van der Waals surface area contributed by atoms with Gasteiger partial charge in [-0.15, -0.1) is 0 Å². The molecule has 2 N–H and O–H groups in total. The summed E-state index contributed by atoms with van der Waals surface area (Å²) in [6.07, 6.45) is 11.7. The Labute approximate surface area is 200 Å². The molecule has 1 aromatic carbocycles. The Hall–Kier alpha value is -1.83. The van der Waals surface area contributed by atoms with Crippen LogP contribution in [-0.4, -0.2) is 58.8 Å². The fourth-order valence-corrected chi connectivity index (χ4v) is 3.23. The van der Waals surface area contributed by atoms with Crippen LogP contribution in [0.4, 0.5) is 5.69 Å². The summed E-state index contributed by atoms with van der Waals surface area (Å²) in [5.41, 5.74) is 6.42. The summed E-state index contributed by atoms with van der Waals surface area (Å²) in [5, 5.41) is 0. The van der Waals surface area contributed by atoms with Crippen LogP contribution < -0.4 is 10.5 Å². The standard InChI is InChI=1S/C26H45NO6/c1-2-3-4-5-6-7-8-9-10-15-26(28)33-23-21-31-19-17-29-16-18-30-20-22-32-25-14-12-11-13-24(25)27/h11-14H,2-10,15-23,27H2,1H3. The molecule has 0 heterocycles. The molecule has 0 radical (unpaired) electrons. The van der Waals surface area contributed by atoms with Crippen molar-refractivity contribution >= 4 is 11.7 Å². The van der Waals surface area contributed by atoms with E-state index in [0.717, 1.165) is 12.8 Å². The number of carbonyl (C=O) groups is 1. The molecular formula is C26H45NO6. The first-order valence-electron chi connectivity index (χ1n) is 12.6. The molecule has 0 unspecified atom stereocenters. The minimum absolute atomic E-state index is 0.131. The lowest BCUT2D eigenvalue weighted by Gasteiger charge is -2.09. The second kappa shape index (κ2) is 22.0. The van der Waals surface area contributed by atoms with Crippen LogP contribution in [0.3, 0.4) is 0 Å². The van der Waals surface area contributed by atoms with Gasteiger partial charge in [0.1, 0.15) is 19.0 Å². The number of para-hydroxylation sites is 2. The van der Waals surface area contributed by atoms with Crippen molar-refractivity contribution < 1.29 is 28.5 Å². The van der Waals surface area contributed by atoms with E-state index in [4.69, 9.17) is 29.4 Å². The third kappa shape index (κ3) is 18.3. The first-order chi connectivity index (χ1) is 16.2. The van der Waals surface area contributed by atoms with Crippen LogP contribution in [0.25, 0.3) is 0 Å². The molecule has 7 heteroatoms. The Balaban J connectivity index is 1.75. The fraction of sp³-hybridized carbons (Fsp3) is 0.731. The van der Waals surface area contributed by atoms with Gasteiger partial charge in [-0.25, -0.2) is 0 Å². The number of carbonyl (C=O) groups excluding carboxylic acids is 1. The third-order valence-corrected chi connectivity index (χ3v) is 5.12. The molecule has 0 atom stereocenters.